The van der Waals surface area contributed by atoms with Crippen LogP contribution in [0.2, 0.25) is 0 Å². The lowest BCUT2D eigenvalue weighted by atomic mass is 9.87. The molecule has 0 heterocycles. The third-order valence-electron chi connectivity index (χ3n) is 5.67. The van der Waals surface area contributed by atoms with E-state index in [-0.39, 0.29) is 0 Å². The predicted molar refractivity (Wildman–Crippen MR) is 139 cm³/mol. The van der Waals surface area contributed by atoms with Crippen LogP contribution in [0.3, 0.4) is 0 Å². The number of hydrogen-bond acceptors (Lipinski definition) is 2. The van der Waals surface area contributed by atoms with Gasteiger partial charge < -0.3 is 15.1 Å². The van der Waals surface area contributed by atoms with E-state index in [1.165, 1.54) is 39.1 Å². The van der Waals surface area contributed by atoms with Crippen LogP contribution in [0.25, 0.3) is 0 Å². The van der Waals surface area contributed by atoms with Crippen molar-refractivity contribution >= 4 is 11.8 Å². The zero-order chi connectivity index (χ0) is 24.3. The molecule has 0 amide bonds. The minimum absolute atomic E-state index is 0.944. The molecule has 0 bridgehead atoms. The maximum absolute atomic E-state index is 8.56. The zero-order valence-electron chi connectivity index (χ0n) is 19.7. The second kappa shape index (κ2) is 12.3. The van der Waals surface area contributed by atoms with Crippen LogP contribution in [-0.2, 0) is 19.3 Å². The maximum Gasteiger partial charge on any atom is 0.503 e. The third kappa shape index (κ3) is 7.24. The van der Waals surface area contributed by atoms with E-state index >= 15 is 0 Å². The maximum atomic E-state index is 8.56. The molecular weight excluding hydrogens is 422 g/mol. The van der Waals surface area contributed by atoms with Crippen molar-refractivity contribution in [2.45, 2.75) is 19.3 Å². The molecule has 34 heavy (non-hydrogen) atoms. The quantitative estimate of drug-likeness (QED) is 0.325. The number of nitrogens with zero attached hydrogens (tertiary/aromatic N) is 1. The molecule has 0 atom stereocenters. The Balaban J connectivity index is 0.000000751. The Morgan fingerprint density at radius 3 is 1.38 bits per heavy atom. The van der Waals surface area contributed by atoms with Gasteiger partial charge in [0, 0.05) is 19.8 Å². The van der Waals surface area contributed by atoms with Crippen molar-refractivity contribution in [3.05, 3.63) is 137 Å². The lowest BCUT2D eigenvalue weighted by Gasteiger charge is -2.24. The minimum atomic E-state index is -1.83. The number of benzene rings is 4. The van der Waals surface area contributed by atoms with E-state index in [1.54, 1.807) is 0 Å². The second-order valence-corrected chi connectivity index (χ2v) is 8.37. The molecule has 2 N–H and O–H groups in total. The molecule has 0 aliphatic heterocycles. The van der Waals surface area contributed by atoms with E-state index in [2.05, 4.69) is 122 Å². The smallest absolute Gasteiger partial charge is 0.450 e. The largest absolute Gasteiger partial charge is 0.503 e. The molecule has 0 saturated carbocycles. The molecule has 4 nitrogen and oxygen atoms in total. The highest BCUT2D eigenvalue weighted by molar-refractivity contribution is 5.61. The van der Waals surface area contributed by atoms with Crippen molar-refractivity contribution in [3.8, 4) is 0 Å². The molecule has 0 radical (unpaired) electrons. The molecule has 0 aliphatic rings. The summed E-state index contributed by atoms with van der Waals surface area (Å²) in [5, 5.41) is 13.9. The minimum Gasteiger partial charge on any atom is -0.450 e. The standard InChI is InChI=1S/C29H29N.CH2O3/c1-30(2)29-19-18-26(20-23-12-6-3-7-13-23)27(21-24-14-8-4-9-15-24)28(29)22-25-16-10-5-11-17-25;2-1(3)4/h3-19H,20-22H2,1-2H3;(H2,2,3,4). The van der Waals surface area contributed by atoms with Crippen LogP contribution in [0.5, 0.6) is 0 Å². The van der Waals surface area contributed by atoms with Gasteiger partial charge in [-0.05, 0) is 58.7 Å². The monoisotopic (exact) mass is 453 g/mol. The number of anilines is 1. The average Bonchev–Trinajstić information content (AvgIpc) is 2.82. The summed E-state index contributed by atoms with van der Waals surface area (Å²) in [7, 11) is 4.29. The van der Waals surface area contributed by atoms with Crippen molar-refractivity contribution in [2.75, 3.05) is 19.0 Å². The van der Waals surface area contributed by atoms with Gasteiger partial charge in [-0.1, -0.05) is 97.1 Å². The predicted octanol–water partition coefficient (Wildman–Crippen LogP) is 6.75. The molecule has 4 heteroatoms. The van der Waals surface area contributed by atoms with Crippen LogP contribution in [0.4, 0.5) is 10.5 Å². The number of rotatable bonds is 7. The molecule has 0 aliphatic carbocycles. The van der Waals surface area contributed by atoms with Crippen molar-refractivity contribution in [3.63, 3.8) is 0 Å². The van der Waals surface area contributed by atoms with Crippen molar-refractivity contribution in [1.82, 2.24) is 0 Å². The van der Waals surface area contributed by atoms with Crippen LogP contribution < -0.4 is 4.90 Å². The fraction of sp³-hybridized carbons (Fsp3) is 0.167. The van der Waals surface area contributed by atoms with E-state index in [9.17, 15) is 0 Å². The van der Waals surface area contributed by atoms with Gasteiger partial charge in [-0.25, -0.2) is 4.79 Å². The molecular formula is C30H31NO3. The summed E-state index contributed by atoms with van der Waals surface area (Å²) in [5.74, 6) is 0. The molecule has 0 spiro atoms. The highest BCUT2D eigenvalue weighted by Crippen LogP contribution is 2.31. The summed E-state index contributed by atoms with van der Waals surface area (Å²) in [6.07, 6.45) is 1.02. The van der Waals surface area contributed by atoms with Gasteiger partial charge in [-0.3, -0.25) is 0 Å². The van der Waals surface area contributed by atoms with E-state index < -0.39 is 6.16 Å². The molecule has 174 valence electrons. The van der Waals surface area contributed by atoms with E-state index in [0.29, 0.717) is 0 Å². The van der Waals surface area contributed by atoms with Crippen molar-refractivity contribution < 1.29 is 15.0 Å². The lowest BCUT2D eigenvalue weighted by Crippen LogP contribution is -2.15. The first-order valence-corrected chi connectivity index (χ1v) is 11.3. The Hall–Kier alpha value is -4.05. The first-order chi connectivity index (χ1) is 16.4. The van der Waals surface area contributed by atoms with E-state index in [1.807, 2.05) is 0 Å². The van der Waals surface area contributed by atoms with Gasteiger partial charge in [0.25, 0.3) is 0 Å². The highest BCUT2D eigenvalue weighted by atomic mass is 16.6. The second-order valence-electron chi connectivity index (χ2n) is 8.37. The number of carboxylic acid groups (broad SMARTS) is 2. The van der Waals surface area contributed by atoms with Gasteiger partial charge >= 0.3 is 6.16 Å². The summed E-state index contributed by atoms with van der Waals surface area (Å²) in [4.78, 5) is 10.8. The van der Waals surface area contributed by atoms with Gasteiger partial charge in [0.1, 0.15) is 0 Å². The number of hydrogen-bond donors (Lipinski definition) is 2. The summed E-state index contributed by atoms with van der Waals surface area (Å²) in [6.45, 7) is 0. The summed E-state index contributed by atoms with van der Waals surface area (Å²) >= 11 is 0. The normalized spacial score (nSPS) is 10.2. The first-order valence-electron chi connectivity index (χ1n) is 11.3. The number of carbonyl (C=O) groups is 1. The Kier molecular flexibility index (Phi) is 8.87. The van der Waals surface area contributed by atoms with Gasteiger partial charge in [-0.2, -0.15) is 0 Å². The highest BCUT2D eigenvalue weighted by Gasteiger charge is 2.16. The third-order valence-corrected chi connectivity index (χ3v) is 5.67. The lowest BCUT2D eigenvalue weighted by molar-refractivity contribution is 0.137. The molecule has 0 aromatic heterocycles. The van der Waals surface area contributed by atoms with Crippen molar-refractivity contribution in [2.24, 2.45) is 0 Å². The van der Waals surface area contributed by atoms with Gasteiger partial charge in [0.2, 0.25) is 0 Å². The first kappa shape index (κ1) is 24.6. The molecule has 0 saturated heterocycles. The zero-order valence-corrected chi connectivity index (χ0v) is 19.7. The van der Waals surface area contributed by atoms with Crippen LogP contribution in [0.15, 0.2) is 103 Å². The molecule has 4 aromatic carbocycles. The topological polar surface area (TPSA) is 60.8 Å². The van der Waals surface area contributed by atoms with Crippen LogP contribution in [0.1, 0.15) is 33.4 Å². The summed E-state index contributed by atoms with van der Waals surface area (Å²) in [6, 6.07) is 37.1. The van der Waals surface area contributed by atoms with Gasteiger partial charge in [0.15, 0.2) is 0 Å². The average molecular weight is 454 g/mol. The molecule has 0 unspecified atom stereocenters. The van der Waals surface area contributed by atoms with Gasteiger partial charge in [0.05, 0.1) is 0 Å². The van der Waals surface area contributed by atoms with E-state index in [0.717, 1.165) is 19.3 Å². The Bertz CT molecular complexity index is 1170. The van der Waals surface area contributed by atoms with E-state index in [4.69, 9.17) is 15.0 Å². The van der Waals surface area contributed by atoms with Crippen molar-refractivity contribution in [1.29, 1.82) is 0 Å². The SMILES string of the molecule is CN(C)c1ccc(Cc2ccccc2)c(Cc2ccccc2)c1Cc1ccccc1.O=C(O)O. The Labute approximate surface area is 201 Å². The van der Waals surface area contributed by atoms with Gasteiger partial charge in [-0.15, -0.1) is 0 Å². The Morgan fingerprint density at radius 2 is 0.971 bits per heavy atom. The summed E-state index contributed by atoms with van der Waals surface area (Å²) < 4.78 is 0. The fourth-order valence-electron chi connectivity index (χ4n) is 4.15. The fourth-order valence-corrected chi connectivity index (χ4v) is 4.15. The summed E-state index contributed by atoms with van der Waals surface area (Å²) in [5.41, 5.74) is 9.69. The molecule has 4 aromatic rings. The molecule has 4 rings (SSSR count). The Morgan fingerprint density at radius 1 is 0.588 bits per heavy atom. The molecule has 0 fully saturated rings. The van der Waals surface area contributed by atoms with Crippen LogP contribution in [-0.4, -0.2) is 30.5 Å². The van der Waals surface area contributed by atoms with Crippen LogP contribution >= 0.6 is 0 Å². The van der Waals surface area contributed by atoms with Crippen LogP contribution in [0, 0.1) is 0 Å².